The zero-order valence-electron chi connectivity index (χ0n) is 16.0. The van der Waals surface area contributed by atoms with Gasteiger partial charge >= 0.3 is 0 Å². The van der Waals surface area contributed by atoms with Gasteiger partial charge in [0.05, 0.1) is 5.69 Å². The number of aryl methyl sites for hydroxylation is 1. The average molecular weight is 391 g/mol. The van der Waals surface area contributed by atoms with E-state index in [-0.39, 0.29) is 17.8 Å². The van der Waals surface area contributed by atoms with E-state index in [0.29, 0.717) is 25.3 Å². The first kappa shape index (κ1) is 19.0. The number of nitrogens with zero attached hydrogens (tertiary/aromatic N) is 4. The number of carbonyl (C=O) groups excluding carboxylic acids is 1. The van der Waals surface area contributed by atoms with Gasteiger partial charge in [0.1, 0.15) is 5.82 Å². The van der Waals surface area contributed by atoms with Gasteiger partial charge in [-0.1, -0.05) is 12.1 Å². The molecule has 0 radical (unpaired) electrons. The van der Waals surface area contributed by atoms with Crippen LogP contribution in [0.1, 0.15) is 18.4 Å². The summed E-state index contributed by atoms with van der Waals surface area (Å²) >= 11 is 0. The van der Waals surface area contributed by atoms with Gasteiger partial charge in [-0.2, -0.15) is 0 Å². The van der Waals surface area contributed by atoms with Gasteiger partial charge < -0.3 is 10.2 Å². The summed E-state index contributed by atoms with van der Waals surface area (Å²) in [5.41, 5.74) is 2.59. The first-order valence-corrected chi connectivity index (χ1v) is 9.69. The first-order valence-electron chi connectivity index (χ1n) is 9.69. The molecule has 1 saturated heterocycles. The molecule has 1 aliphatic rings. The lowest BCUT2D eigenvalue weighted by Gasteiger charge is -2.17. The molecule has 0 saturated carbocycles. The van der Waals surface area contributed by atoms with Crippen molar-refractivity contribution in [1.29, 1.82) is 0 Å². The number of anilines is 1. The summed E-state index contributed by atoms with van der Waals surface area (Å²) in [5, 5.41) is 3.07. The second-order valence-corrected chi connectivity index (χ2v) is 7.11. The molecule has 7 heteroatoms. The molecule has 2 aromatic heterocycles. The highest BCUT2D eigenvalue weighted by molar-refractivity contribution is 5.76. The maximum atomic E-state index is 13.2. The smallest absolute Gasteiger partial charge is 0.225 e. The van der Waals surface area contributed by atoms with Crippen LogP contribution >= 0.6 is 0 Å². The molecule has 6 nitrogen and oxygen atoms in total. The highest BCUT2D eigenvalue weighted by Crippen LogP contribution is 2.21. The molecule has 1 amide bonds. The van der Waals surface area contributed by atoms with E-state index in [1.165, 1.54) is 12.1 Å². The van der Waals surface area contributed by atoms with Crippen molar-refractivity contribution in [2.24, 2.45) is 0 Å². The third-order valence-corrected chi connectivity index (χ3v) is 4.97. The van der Waals surface area contributed by atoms with Gasteiger partial charge in [0.25, 0.3) is 0 Å². The lowest BCUT2D eigenvalue weighted by atomic mass is 10.1. The SMILES string of the molecule is O=C(CCc1cccc(F)c1)NC1CCN(c2nccc(-c3cccnc3)n2)C1. The molecule has 1 aromatic carbocycles. The topological polar surface area (TPSA) is 71.0 Å². The van der Waals surface area contributed by atoms with Crippen molar-refractivity contribution in [2.75, 3.05) is 18.0 Å². The summed E-state index contributed by atoms with van der Waals surface area (Å²) in [6.45, 7) is 1.45. The Morgan fingerprint density at radius 1 is 1.21 bits per heavy atom. The second-order valence-electron chi connectivity index (χ2n) is 7.11. The van der Waals surface area contributed by atoms with Crippen molar-refractivity contribution in [1.82, 2.24) is 20.3 Å². The number of hydrogen-bond donors (Lipinski definition) is 1. The number of pyridine rings is 1. The molecule has 1 unspecified atom stereocenters. The van der Waals surface area contributed by atoms with E-state index >= 15 is 0 Å². The number of benzene rings is 1. The van der Waals surface area contributed by atoms with Gasteiger partial charge in [0, 0.05) is 49.7 Å². The van der Waals surface area contributed by atoms with E-state index in [1.54, 1.807) is 24.7 Å². The maximum Gasteiger partial charge on any atom is 0.225 e. The molecule has 1 aliphatic heterocycles. The summed E-state index contributed by atoms with van der Waals surface area (Å²) in [6.07, 6.45) is 6.95. The highest BCUT2D eigenvalue weighted by atomic mass is 19.1. The fourth-order valence-corrected chi connectivity index (χ4v) is 3.49. The fraction of sp³-hybridized carbons (Fsp3) is 0.273. The van der Waals surface area contributed by atoms with Crippen LogP contribution in [-0.2, 0) is 11.2 Å². The Bertz CT molecular complexity index is 982. The van der Waals surface area contributed by atoms with Crippen LogP contribution in [0.3, 0.4) is 0 Å². The Morgan fingerprint density at radius 2 is 2.14 bits per heavy atom. The molecule has 1 atom stereocenters. The average Bonchev–Trinajstić information content (AvgIpc) is 3.22. The Balaban J connectivity index is 1.32. The van der Waals surface area contributed by atoms with E-state index in [1.807, 2.05) is 24.3 Å². The summed E-state index contributed by atoms with van der Waals surface area (Å²) in [7, 11) is 0. The van der Waals surface area contributed by atoms with Crippen molar-refractivity contribution in [3.8, 4) is 11.3 Å². The molecule has 0 spiro atoms. The zero-order chi connectivity index (χ0) is 20.1. The minimum Gasteiger partial charge on any atom is -0.352 e. The van der Waals surface area contributed by atoms with Crippen molar-refractivity contribution < 1.29 is 9.18 Å². The van der Waals surface area contributed by atoms with Gasteiger partial charge in [0.2, 0.25) is 11.9 Å². The lowest BCUT2D eigenvalue weighted by Crippen LogP contribution is -2.37. The van der Waals surface area contributed by atoms with Gasteiger partial charge in [-0.05, 0) is 48.7 Å². The second kappa shape index (κ2) is 8.77. The number of hydrogen-bond acceptors (Lipinski definition) is 5. The first-order chi connectivity index (χ1) is 14.2. The molecular formula is C22H22FN5O. The third-order valence-electron chi connectivity index (χ3n) is 4.97. The molecule has 1 N–H and O–H groups in total. The third kappa shape index (κ3) is 4.93. The molecule has 29 heavy (non-hydrogen) atoms. The summed E-state index contributed by atoms with van der Waals surface area (Å²) in [5.74, 6) is 0.358. The van der Waals surface area contributed by atoms with Crippen molar-refractivity contribution in [3.05, 3.63) is 72.4 Å². The van der Waals surface area contributed by atoms with Gasteiger partial charge in [0.15, 0.2) is 0 Å². The monoisotopic (exact) mass is 391 g/mol. The van der Waals surface area contributed by atoms with Crippen LogP contribution in [0.15, 0.2) is 61.1 Å². The molecule has 4 rings (SSSR count). The minimum absolute atomic E-state index is 0.0221. The van der Waals surface area contributed by atoms with Crippen LogP contribution in [0, 0.1) is 5.82 Å². The predicted octanol–water partition coefficient (Wildman–Crippen LogP) is 3.01. The van der Waals surface area contributed by atoms with E-state index < -0.39 is 0 Å². The zero-order valence-corrected chi connectivity index (χ0v) is 16.0. The quantitative estimate of drug-likeness (QED) is 0.699. The number of amides is 1. The Morgan fingerprint density at radius 3 is 2.97 bits per heavy atom. The van der Waals surface area contributed by atoms with Crippen LogP contribution in [-0.4, -0.2) is 40.0 Å². The van der Waals surface area contributed by atoms with E-state index in [4.69, 9.17) is 0 Å². The van der Waals surface area contributed by atoms with E-state index in [0.717, 1.165) is 29.8 Å². The normalized spacial score (nSPS) is 16.0. The van der Waals surface area contributed by atoms with Crippen molar-refractivity contribution >= 4 is 11.9 Å². The summed E-state index contributed by atoms with van der Waals surface area (Å²) in [6, 6.07) is 12.1. The van der Waals surface area contributed by atoms with Crippen LogP contribution in [0.5, 0.6) is 0 Å². The number of aromatic nitrogens is 3. The number of halogens is 1. The lowest BCUT2D eigenvalue weighted by molar-refractivity contribution is -0.121. The van der Waals surface area contributed by atoms with Gasteiger partial charge in [-0.15, -0.1) is 0 Å². The summed E-state index contributed by atoms with van der Waals surface area (Å²) < 4.78 is 13.2. The fourth-order valence-electron chi connectivity index (χ4n) is 3.49. The number of rotatable bonds is 6. The van der Waals surface area contributed by atoms with Crippen molar-refractivity contribution in [3.63, 3.8) is 0 Å². The van der Waals surface area contributed by atoms with Crippen LogP contribution in [0.25, 0.3) is 11.3 Å². The van der Waals surface area contributed by atoms with Crippen LogP contribution in [0.2, 0.25) is 0 Å². The molecule has 3 heterocycles. The molecule has 3 aromatic rings. The summed E-state index contributed by atoms with van der Waals surface area (Å²) in [4.78, 5) is 27.5. The van der Waals surface area contributed by atoms with Crippen molar-refractivity contribution in [2.45, 2.75) is 25.3 Å². The van der Waals surface area contributed by atoms with Crippen LogP contribution < -0.4 is 10.2 Å². The Labute approximate surface area is 168 Å². The number of carbonyl (C=O) groups is 1. The standard InChI is InChI=1S/C22H22FN5O/c23-18-5-1-3-16(13-18)6-7-21(29)26-19-9-12-28(15-19)22-25-11-8-20(27-22)17-4-2-10-24-14-17/h1-5,8,10-11,13-14,19H,6-7,9,12,15H2,(H,26,29). The van der Waals surface area contributed by atoms with E-state index in [9.17, 15) is 9.18 Å². The number of nitrogens with one attached hydrogen (secondary N) is 1. The van der Waals surface area contributed by atoms with Gasteiger partial charge in [-0.3, -0.25) is 9.78 Å². The highest BCUT2D eigenvalue weighted by Gasteiger charge is 2.25. The minimum atomic E-state index is -0.275. The van der Waals surface area contributed by atoms with Gasteiger partial charge in [-0.25, -0.2) is 14.4 Å². The largest absolute Gasteiger partial charge is 0.352 e. The molecule has 1 fully saturated rings. The predicted molar refractivity (Wildman–Crippen MR) is 109 cm³/mol. The molecule has 0 bridgehead atoms. The van der Waals surface area contributed by atoms with Crippen LogP contribution in [0.4, 0.5) is 10.3 Å². The maximum absolute atomic E-state index is 13.2. The molecule has 0 aliphatic carbocycles. The Hall–Kier alpha value is -3.35. The molecular weight excluding hydrogens is 369 g/mol. The van der Waals surface area contributed by atoms with E-state index in [2.05, 4.69) is 25.2 Å². The molecule has 148 valence electrons. The Kier molecular flexibility index (Phi) is 5.74.